The van der Waals surface area contributed by atoms with E-state index in [2.05, 4.69) is 17.3 Å². The van der Waals surface area contributed by atoms with Gasteiger partial charge in [0.05, 0.1) is 5.75 Å². The number of hydrogen-bond acceptors (Lipinski definition) is 4. The van der Waals surface area contributed by atoms with E-state index in [4.69, 9.17) is 11.6 Å². The van der Waals surface area contributed by atoms with Gasteiger partial charge in [0.25, 0.3) is 0 Å². The molecule has 0 aliphatic carbocycles. The summed E-state index contributed by atoms with van der Waals surface area (Å²) in [5.74, 6) is 5.07. The van der Waals surface area contributed by atoms with Crippen molar-refractivity contribution in [1.82, 2.24) is 0 Å². The van der Waals surface area contributed by atoms with Crippen LogP contribution in [0.3, 0.4) is 0 Å². The van der Waals surface area contributed by atoms with Gasteiger partial charge in [0, 0.05) is 5.69 Å². The van der Waals surface area contributed by atoms with E-state index in [9.17, 15) is 4.79 Å². The second-order valence-corrected chi connectivity index (χ2v) is 4.76. The van der Waals surface area contributed by atoms with Gasteiger partial charge in [-0.05, 0) is 24.5 Å². The molecule has 0 spiro atoms. The topological polar surface area (TPSA) is 93.5 Å². The number of amides is 1. The van der Waals surface area contributed by atoms with Crippen LogP contribution >= 0.6 is 11.8 Å². The van der Waals surface area contributed by atoms with Gasteiger partial charge in [0.2, 0.25) is 5.91 Å². The molecule has 1 rings (SSSR count). The van der Waals surface area contributed by atoms with Crippen molar-refractivity contribution in [3.05, 3.63) is 29.3 Å². The van der Waals surface area contributed by atoms with Gasteiger partial charge in [0.1, 0.15) is 0 Å². The van der Waals surface area contributed by atoms with E-state index in [1.807, 2.05) is 25.1 Å². The van der Waals surface area contributed by atoms with Crippen LogP contribution < -0.4 is 16.9 Å². The number of anilines is 1. The Kier molecular flexibility index (Phi) is 5.51. The molecule has 5 N–H and O–H groups in total. The van der Waals surface area contributed by atoms with E-state index < -0.39 is 0 Å². The predicted octanol–water partition coefficient (Wildman–Crippen LogP) is 1.42. The van der Waals surface area contributed by atoms with Gasteiger partial charge in [0.15, 0.2) is 5.17 Å². The fraction of sp³-hybridized carbons (Fsp3) is 0.333. The van der Waals surface area contributed by atoms with Gasteiger partial charge >= 0.3 is 0 Å². The van der Waals surface area contributed by atoms with E-state index in [0.29, 0.717) is 0 Å². The van der Waals surface area contributed by atoms with E-state index >= 15 is 0 Å². The van der Waals surface area contributed by atoms with Crippen molar-refractivity contribution in [2.75, 3.05) is 11.1 Å². The highest BCUT2D eigenvalue weighted by molar-refractivity contribution is 8.14. The largest absolute Gasteiger partial charge is 0.377 e. The summed E-state index contributed by atoms with van der Waals surface area (Å²) < 4.78 is 0. The Hall–Kier alpha value is -1.69. The molecule has 0 bridgehead atoms. The lowest BCUT2D eigenvalue weighted by molar-refractivity contribution is -0.113. The average molecular weight is 266 g/mol. The lowest BCUT2D eigenvalue weighted by Crippen LogP contribution is -2.19. The van der Waals surface area contributed by atoms with Crippen molar-refractivity contribution in [2.24, 2.45) is 16.7 Å². The molecule has 0 unspecified atom stereocenters. The number of benzene rings is 1. The number of hydrogen-bond donors (Lipinski definition) is 3. The molecule has 6 heteroatoms. The van der Waals surface area contributed by atoms with Gasteiger partial charge in [-0.2, -0.15) is 5.10 Å². The summed E-state index contributed by atoms with van der Waals surface area (Å²) in [5, 5.41) is 6.39. The van der Waals surface area contributed by atoms with Gasteiger partial charge in [-0.1, -0.05) is 36.9 Å². The first-order chi connectivity index (χ1) is 8.58. The molecule has 0 fully saturated rings. The molecule has 1 amide bonds. The van der Waals surface area contributed by atoms with Crippen LogP contribution in [0.4, 0.5) is 5.69 Å². The molecule has 1 aromatic carbocycles. The first kappa shape index (κ1) is 14.4. The number of rotatable bonds is 4. The zero-order valence-corrected chi connectivity index (χ0v) is 11.4. The van der Waals surface area contributed by atoms with Gasteiger partial charge in [-0.25, -0.2) is 0 Å². The Morgan fingerprint density at radius 1 is 1.50 bits per heavy atom. The van der Waals surface area contributed by atoms with Crippen LogP contribution in [0.25, 0.3) is 0 Å². The molecular weight excluding hydrogens is 248 g/mol. The summed E-state index contributed by atoms with van der Waals surface area (Å²) >= 11 is 1.11. The van der Waals surface area contributed by atoms with Crippen molar-refractivity contribution in [1.29, 1.82) is 0 Å². The molecule has 0 aliphatic rings. The average Bonchev–Trinajstić information content (AvgIpc) is 2.38. The number of carbonyl (C=O) groups is 1. The zero-order valence-electron chi connectivity index (χ0n) is 10.6. The van der Waals surface area contributed by atoms with Crippen LogP contribution in [0.5, 0.6) is 0 Å². The summed E-state index contributed by atoms with van der Waals surface area (Å²) in [6, 6.07) is 5.96. The van der Waals surface area contributed by atoms with Crippen LogP contribution in [-0.4, -0.2) is 16.8 Å². The highest BCUT2D eigenvalue weighted by atomic mass is 32.2. The number of thioether (sulfide) groups is 1. The highest BCUT2D eigenvalue weighted by Gasteiger charge is 2.09. The number of nitrogens with one attached hydrogen (secondary N) is 1. The number of nitrogens with two attached hydrogens (primary N) is 2. The molecule has 1 aromatic rings. The number of nitrogens with zero attached hydrogens (tertiary/aromatic N) is 1. The van der Waals surface area contributed by atoms with Crippen LogP contribution in [-0.2, 0) is 11.2 Å². The molecule has 18 heavy (non-hydrogen) atoms. The molecule has 0 aromatic heterocycles. The monoisotopic (exact) mass is 266 g/mol. The van der Waals surface area contributed by atoms with E-state index in [0.717, 1.165) is 35.0 Å². The second kappa shape index (κ2) is 6.90. The van der Waals surface area contributed by atoms with E-state index in [1.165, 1.54) is 0 Å². The Morgan fingerprint density at radius 2 is 2.22 bits per heavy atom. The van der Waals surface area contributed by atoms with E-state index in [1.54, 1.807) is 0 Å². The van der Waals surface area contributed by atoms with E-state index in [-0.39, 0.29) is 16.8 Å². The molecule has 5 nitrogen and oxygen atoms in total. The summed E-state index contributed by atoms with van der Waals surface area (Å²) in [7, 11) is 0. The fourth-order valence-corrected chi connectivity index (χ4v) is 1.98. The predicted molar refractivity (Wildman–Crippen MR) is 77.5 cm³/mol. The highest BCUT2D eigenvalue weighted by Crippen LogP contribution is 2.21. The van der Waals surface area contributed by atoms with Crippen LogP contribution in [0.2, 0.25) is 0 Å². The lowest BCUT2D eigenvalue weighted by atomic mass is 10.1. The molecule has 98 valence electrons. The first-order valence-corrected chi connectivity index (χ1v) is 6.61. The third-order valence-electron chi connectivity index (χ3n) is 2.48. The van der Waals surface area contributed by atoms with Crippen molar-refractivity contribution in [3.63, 3.8) is 0 Å². The third kappa shape index (κ3) is 3.96. The first-order valence-electron chi connectivity index (χ1n) is 5.63. The van der Waals surface area contributed by atoms with Crippen LogP contribution in [0.1, 0.15) is 18.1 Å². The Morgan fingerprint density at radius 3 is 2.83 bits per heavy atom. The maximum Gasteiger partial charge on any atom is 0.234 e. The normalized spacial score (nSPS) is 11.3. The zero-order chi connectivity index (χ0) is 13.5. The van der Waals surface area contributed by atoms with Crippen LogP contribution in [0, 0.1) is 6.92 Å². The molecular formula is C12H18N4OS. The quantitative estimate of drug-likeness (QED) is 0.332. The maximum absolute atomic E-state index is 11.8. The minimum Gasteiger partial charge on any atom is -0.377 e. The standard InChI is InChI=1S/C12H18N4OS/c1-3-9-6-4-5-8(2)11(9)15-10(17)7-18-12(13)16-14/h4-6H,3,7,14H2,1-2H3,(H2,13,16)(H,15,17). The van der Waals surface area contributed by atoms with Gasteiger partial charge in [-0.15, -0.1) is 0 Å². The van der Waals surface area contributed by atoms with Crippen molar-refractivity contribution >= 4 is 28.5 Å². The fourth-order valence-electron chi connectivity index (χ4n) is 1.55. The smallest absolute Gasteiger partial charge is 0.234 e. The molecule has 0 saturated carbocycles. The van der Waals surface area contributed by atoms with Crippen molar-refractivity contribution in [3.8, 4) is 0 Å². The third-order valence-corrected chi connectivity index (χ3v) is 3.29. The second-order valence-electron chi connectivity index (χ2n) is 3.77. The summed E-state index contributed by atoms with van der Waals surface area (Å²) in [5.41, 5.74) is 8.46. The van der Waals surface area contributed by atoms with Gasteiger partial charge in [-0.3, -0.25) is 4.79 Å². The van der Waals surface area contributed by atoms with Crippen molar-refractivity contribution in [2.45, 2.75) is 20.3 Å². The Bertz CT molecular complexity index is 459. The molecule has 0 radical (unpaired) electrons. The summed E-state index contributed by atoms with van der Waals surface area (Å²) in [4.78, 5) is 11.8. The molecule has 0 aliphatic heterocycles. The SMILES string of the molecule is CCc1cccc(C)c1NC(=O)CSC(N)=NN. The summed E-state index contributed by atoms with van der Waals surface area (Å²) in [6.07, 6.45) is 0.872. The summed E-state index contributed by atoms with van der Waals surface area (Å²) in [6.45, 7) is 4.02. The number of aryl methyl sites for hydroxylation is 2. The van der Waals surface area contributed by atoms with Crippen LogP contribution in [0.15, 0.2) is 23.3 Å². The number of para-hydroxylation sites is 1. The number of carbonyl (C=O) groups excluding carboxylic acids is 1. The lowest BCUT2D eigenvalue weighted by Gasteiger charge is -2.12. The minimum atomic E-state index is -0.115. The molecule has 0 heterocycles. The number of amidine groups is 1. The molecule has 0 saturated heterocycles. The number of hydrazone groups is 1. The van der Waals surface area contributed by atoms with Crippen molar-refractivity contribution < 1.29 is 4.79 Å². The molecule has 0 atom stereocenters. The van der Waals surface area contributed by atoms with Gasteiger partial charge < -0.3 is 16.9 Å². The Balaban J connectivity index is 2.70. The Labute approximate surface area is 111 Å². The maximum atomic E-state index is 11.8. The minimum absolute atomic E-state index is 0.115.